The van der Waals surface area contributed by atoms with E-state index in [-0.39, 0.29) is 52.9 Å². The monoisotopic (exact) mass is 1060 g/mol. The molecule has 10 rings (SSSR count). The van der Waals surface area contributed by atoms with E-state index in [1.165, 1.54) is 0 Å². The molecule has 8 aromatic carbocycles. The van der Waals surface area contributed by atoms with Gasteiger partial charge in [-0.05, 0) is 44.5 Å². The van der Waals surface area contributed by atoms with Gasteiger partial charge in [-0.3, -0.25) is 0 Å². The molecule has 79 heavy (non-hydrogen) atoms. The fourth-order valence-corrected chi connectivity index (χ4v) is 9.85. The van der Waals surface area contributed by atoms with Crippen LogP contribution < -0.4 is 0 Å². The molecule has 408 valence electrons. The van der Waals surface area contributed by atoms with Gasteiger partial charge in [0, 0.05) is 0 Å². The molecule has 0 N–H and O–H groups in total. The van der Waals surface area contributed by atoms with E-state index in [0.717, 1.165) is 44.5 Å². The first kappa shape index (κ1) is 55.6. The fraction of sp³-hybridized carbons (Fsp3) is 0.294. The van der Waals surface area contributed by atoms with Gasteiger partial charge in [0.05, 0.1) is 66.1 Å². The maximum atomic E-state index is 7.43. The minimum Gasteiger partial charge on any atom is -0.374 e. The first-order valence-electron chi connectivity index (χ1n) is 27.3. The van der Waals surface area contributed by atoms with E-state index in [2.05, 4.69) is 0 Å². The highest BCUT2D eigenvalue weighted by molar-refractivity contribution is 5.20. The minimum absolute atomic E-state index is 0.137. The van der Waals surface area contributed by atoms with Crippen molar-refractivity contribution in [3.63, 3.8) is 0 Å². The SMILES string of the molecule is c1ccc(COC[C@H]2O[C@H](O[C@H]3O[C@H](COCc4ccccc4)[C@@H](OCc4ccccc4)[C@H](OCc4ccccc4)[C@@H]3OCc3ccccc3)[C@@H](OCc3ccccc3)[C@@H](OCc3ccccc3)[C@@H]2OCc2ccccc2)cc1. The Balaban J connectivity index is 1.04. The van der Waals surface area contributed by atoms with Gasteiger partial charge in [0.25, 0.3) is 0 Å². The zero-order valence-electron chi connectivity index (χ0n) is 44.4. The van der Waals surface area contributed by atoms with Gasteiger partial charge < -0.3 is 52.1 Å². The van der Waals surface area contributed by atoms with Crippen molar-refractivity contribution in [3.8, 4) is 0 Å². The highest BCUT2D eigenvalue weighted by atomic mass is 16.8. The van der Waals surface area contributed by atoms with Crippen LogP contribution in [0.3, 0.4) is 0 Å². The van der Waals surface area contributed by atoms with Crippen molar-refractivity contribution in [2.45, 2.75) is 114 Å². The third kappa shape index (κ3) is 16.7. The second-order valence-electron chi connectivity index (χ2n) is 19.8. The molecule has 8 aromatic rings. The molecule has 0 amide bonds. The van der Waals surface area contributed by atoms with E-state index >= 15 is 0 Å². The molecule has 0 saturated carbocycles. The number of hydrogen-bond donors (Lipinski definition) is 0. The van der Waals surface area contributed by atoms with Crippen LogP contribution >= 0.6 is 0 Å². The molecular weight excluding hydrogens is 993 g/mol. The Morgan fingerprint density at radius 1 is 0.228 bits per heavy atom. The highest BCUT2D eigenvalue weighted by Crippen LogP contribution is 2.37. The normalized spacial score (nSPS) is 23.0. The van der Waals surface area contributed by atoms with E-state index in [1.54, 1.807) is 0 Å². The third-order valence-electron chi connectivity index (χ3n) is 13.9. The Morgan fingerprint density at radius 3 is 0.671 bits per heavy atom. The van der Waals surface area contributed by atoms with E-state index < -0.39 is 61.4 Å². The van der Waals surface area contributed by atoms with Crippen LogP contribution in [-0.4, -0.2) is 74.6 Å². The first-order valence-corrected chi connectivity index (χ1v) is 27.3. The average molecular weight is 1060 g/mol. The van der Waals surface area contributed by atoms with E-state index in [0.29, 0.717) is 13.2 Å². The number of ether oxygens (including phenoxy) is 11. The second-order valence-corrected chi connectivity index (χ2v) is 19.8. The van der Waals surface area contributed by atoms with Crippen LogP contribution in [-0.2, 0) is 105 Å². The fourth-order valence-electron chi connectivity index (χ4n) is 9.85. The van der Waals surface area contributed by atoms with Crippen molar-refractivity contribution in [2.75, 3.05) is 13.2 Å². The van der Waals surface area contributed by atoms with Gasteiger partial charge in [0.15, 0.2) is 12.6 Å². The molecule has 0 bridgehead atoms. The van der Waals surface area contributed by atoms with Crippen LogP contribution in [0.2, 0.25) is 0 Å². The van der Waals surface area contributed by atoms with Gasteiger partial charge in [-0.2, -0.15) is 0 Å². The lowest BCUT2D eigenvalue weighted by Gasteiger charge is -2.49. The molecule has 0 aromatic heterocycles. The molecule has 11 nitrogen and oxygen atoms in total. The Labute approximate surface area is 464 Å². The Kier molecular flexibility index (Phi) is 21.2. The molecule has 11 heteroatoms. The number of benzene rings is 8. The summed E-state index contributed by atoms with van der Waals surface area (Å²) in [6, 6.07) is 80.6. The second kappa shape index (κ2) is 30.1. The van der Waals surface area contributed by atoms with Crippen LogP contribution in [0.5, 0.6) is 0 Å². The molecule has 2 aliphatic rings. The van der Waals surface area contributed by atoms with Crippen LogP contribution in [0.15, 0.2) is 243 Å². The predicted molar refractivity (Wildman–Crippen MR) is 301 cm³/mol. The first-order chi connectivity index (χ1) is 39.2. The molecule has 0 spiro atoms. The summed E-state index contributed by atoms with van der Waals surface area (Å²) in [5.74, 6) is 0. The molecular formula is C68H70O11. The van der Waals surface area contributed by atoms with Crippen LogP contribution in [0.25, 0.3) is 0 Å². The van der Waals surface area contributed by atoms with Gasteiger partial charge in [-0.15, -0.1) is 0 Å². The topological polar surface area (TPSA) is 102 Å². The zero-order chi connectivity index (χ0) is 53.5. The summed E-state index contributed by atoms with van der Waals surface area (Å²) in [6.07, 6.45) is -8.43. The molecule has 0 radical (unpaired) electrons. The third-order valence-corrected chi connectivity index (χ3v) is 13.9. The summed E-state index contributed by atoms with van der Waals surface area (Å²) in [6.45, 7) is 2.47. The van der Waals surface area contributed by atoms with Gasteiger partial charge >= 0.3 is 0 Å². The maximum absolute atomic E-state index is 7.43. The predicted octanol–water partition coefficient (Wildman–Crippen LogP) is 12.4. The summed E-state index contributed by atoms with van der Waals surface area (Å²) in [7, 11) is 0. The molecule has 2 aliphatic heterocycles. The van der Waals surface area contributed by atoms with Crippen LogP contribution in [0, 0.1) is 0 Å². The highest BCUT2D eigenvalue weighted by Gasteiger charge is 2.54. The van der Waals surface area contributed by atoms with Gasteiger partial charge in [-0.1, -0.05) is 243 Å². The molecule has 2 heterocycles. The summed E-state index contributed by atoms with van der Waals surface area (Å²) < 4.78 is 77.6. The standard InChI is InChI=1S/C68H70O11/c1-9-25-51(26-10-1)41-69-49-59-61(71-43-53-29-13-3-14-30-53)63(73-45-55-33-17-5-18-34-55)65(75-47-57-37-21-7-22-38-57)67(77-59)79-68-66(76-48-58-39-23-8-24-40-58)64(74-46-56-35-19-6-20-36-56)62(72-44-54-31-15-4-16-32-54)60(78-68)50-70-42-52-27-11-2-12-28-52/h1-40,59-68H,41-50H2/t59-,60-,61-,62-,63+,64+,65+,66+,67-,68-/m1/s1. The lowest BCUT2D eigenvalue weighted by molar-refractivity contribution is -0.394. The van der Waals surface area contributed by atoms with E-state index in [4.69, 9.17) is 52.1 Å². The number of rotatable bonds is 28. The molecule has 0 aliphatic carbocycles. The van der Waals surface area contributed by atoms with E-state index in [1.807, 2.05) is 243 Å². The number of hydrogen-bond acceptors (Lipinski definition) is 11. The smallest absolute Gasteiger partial charge is 0.190 e. The lowest BCUT2D eigenvalue weighted by atomic mass is 9.96. The average Bonchev–Trinajstić information content (AvgIpc) is 3.56. The van der Waals surface area contributed by atoms with Crippen molar-refractivity contribution in [1.82, 2.24) is 0 Å². The summed E-state index contributed by atoms with van der Waals surface area (Å²) in [5, 5.41) is 0. The maximum Gasteiger partial charge on any atom is 0.190 e. The summed E-state index contributed by atoms with van der Waals surface area (Å²) in [5.41, 5.74) is 7.91. The van der Waals surface area contributed by atoms with Crippen LogP contribution in [0.1, 0.15) is 44.5 Å². The molecule has 2 saturated heterocycles. The van der Waals surface area contributed by atoms with Crippen molar-refractivity contribution in [1.29, 1.82) is 0 Å². The largest absolute Gasteiger partial charge is 0.374 e. The van der Waals surface area contributed by atoms with Crippen LogP contribution in [0.4, 0.5) is 0 Å². The lowest BCUT2D eigenvalue weighted by Crippen LogP contribution is -2.66. The molecule has 2 fully saturated rings. The Bertz CT molecular complexity index is 2690. The zero-order valence-corrected chi connectivity index (χ0v) is 44.4. The van der Waals surface area contributed by atoms with Crippen molar-refractivity contribution in [3.05, 3.63) is 287 Å². The van der Waals surface area contributed by atoms with Gasteiger partial charge in [0.1, 0.15) is 48.8 Å². The molecule has 10 atom stereocenters. The van der Waals surface area contributed by atoms with Gasteiger partial charge in [0.2, 0.25) is 0 Å². The van der Waals surface area contributed by atoms with Gasteiger partial charge in [-0.25, -0.2) is 0 Å². The summed E-state index contributed by atoms with van der Waals surface area (Å²) in [4.78, 5) is 0. The minimum atomic E-state index is -1.14. The van der Waals surface area contributed by atoms with Crippen molar-refractivity contribution < 1.29 is 52.1 Å². The quantitative estimate of drug-likeness (QED) is 0.0469. The Hall–Kier alpha value is -6.68. The summed E-state index contributed by atoms with van der Waals surface area (Å²) >= 11 is 0. The Morgan fingerprint density at radius 2 is 0.430 bits per heavy atom. The van der Waals surface area contributed by atoms with Crippen molar-refractivity contribution >= 4 is 0 Å². The van der Waals surface area contributed by atoms with Crippen molar-refractivity contribution in [2.24, 2.45) is 0 Å². The molecule has 0 unspecified atom stereocenters. The van der Waals surface area contributed by atoms with E-state index in [9.17, 15) is 0 Å².